The number of anilines is 1. The first-order chi connectivity index (χ1) is 14.1. The minimum Gasteiger partial charge on any atom is -0.487 e. The molecular weight excluding hydrogens is 408 g/mol. The van der Waals surface area contributed by atoms with Crippen molar-refractivity contribution in [2.45, 2.75) is 18.4 Å². The molecule has 0 saturated heterocycles. The number of hydrogen-bond donors (Lipinski definition) is 1. The molecule has 2 aromatic carbocycles. The number of aromatic nitrogens is 1. The van der Waals surface area contributed by atoms with Gasteiger partial charge in [-0.15, -0.1) is 23.1 Å². The van der Waals surface area contributed by atoms with Crippen molar-refractivity contribution in [3.63, 3.8) is 0 Å². The molecule has 1 aromatic heterocycles. The van der Waals surface area contributed by atoms with Gasteiger partial charge in [0.2, 0.25) is 0 Å². The Morgan fingerprint density at radius 1 is 1.21 bits per heavy atom. The molecule has 1 N–H and O–H groups in total. The summed E-state index contributed by atoms with van der Waals surface area (Å²) < 4.78 is 17.0. The van der Waals surface area contributed by atoms with E-state index in [1.807, 2.05) is 30.7 Å². The van der Waals surface area contributed by atoms with Gasteiger partial charge in [0.25, 0.3) is 5.91 Å². The monoisotopic (exact) mass is 428 g/mol. The summed E-state index contributed by atoms with van der Waals surface area (Å²) in [5.41, 5.74) is 2.15. The van der Waals surface area contributed by atoms with E-state index in [2.05, 4.69) is 10.3 Å². The molecule has 150 valence electrons. The molecule has 0 atom stereocenters. The quantitative estimate of drug-likeness (QED) is 0.570. The van der Waals surface area contributed by atoms with Gasteiger partial charge in [-0.3, -0.25) is 4.79 Å². The number of thiazole rings is 1. The maximum Gasteiger partial charge on any atom is 0.255 e. The minimum atomic E-state index is -0.196. The molecule has 0 spiro atoms. The van der Waals surface area contributed by atoms with Gasteiger partial charge in [-0.25, -0.2) is 4.98 Å². The van der Waals surface area contributed by atoms with E-state index in [4.69, 9.17) is 14.2 Å². The third-order valence-corrected chi connectivity index (χ3v) is 5.88. The van der Waals surface area contributed by atoms with Crippen LogP contribution in [0, 0.1) is 6.92 Å². The highest BCUT2D eigenvalue weighted by molar-refractivity contribution is 7.98. The molecule has 1 amide bonds. The van der Waals surface area contributed by atoms with Crippen LogP contribution in [0.3, 0.4) is 0 Å². The van der Waals surface area contributed by atoms with E-state index >= 15 is 0 Å². The number of amides is 1. The number of ether oxygens (including phenoxy) is 3. The summed E-state index contributed by atoms with van der Waals surface area (Å²) in [5.74, 6) is 1.84. The fourth-order valence-corrected chi connectivity index (χ4v) is 4.02. The number of carbonyl (C=O) groups excluding carboxylic acids is 1. The summed E-state index contributed by atoms with van der Waals surface area (Å²) in [6.45, 7) is 3.40. The summed E-state index contributed by atoms with van der Waals surface area (Å²) in [7, 11) is 0. The van der Waals surface area contributed by atoms with E-state index in [-0.39, 0.29) is 5.91 Å². The molecule has 2 heterocycles. The number of nitrogens with one attached hydrogen (secondary N) is 1. The van der Waals surface area contributed by atoms with Crippen molar-refractivity contribution in [1.29, 1.82) is 0 Å². The number of carbonyl (C=O) groups is 1. The predicted octanol–water partition coefficient (Wildman–Crippen LogP) is 4.78. The van der Waals surface area contributed by atoms with Crippen molar-refractivity contribution in [3.8, 4) is 17.2 Å². The standard InChI is InChI=1S/C21H20N2O4S2/c1-13-22-15(12-29-13)11-27-16-5-3-14(4-6-16)21(24)23-17-9-18-19(10-20(17)28-2)26-8-7-25-18/h3-6,9-10,12H,7-8,11H2,1-2H3,(H,23,24). The first-order valence-electron chi connectivity index (χ1n) is 9.05. The maximum atomic E-state index is 12.7. The third kappa shape index (κ3) is 4.65. The molecule has 4 rings (SSSR count). The summed E-state index contributed by atoms with van der Waals surface area (Å²) in [4.78, 5) is 18.0. The maximum absolute atomic E-state index is 12.7. The number of nitrogens with zero attached hydrogens (tertiary/aromatic N) is 1. The van der Waals surface area contributed by atoms with E-state index in [0.717, 1.165) is 15.6 Å². The molecule has 0 unspecified atom stereocenters. The molecule has 1 aliphatic rings. The Kier molecular flexibility index (Phi) is 5.92. The second kappa shape index (κ2) is 8.75. The van der Waals surface area contributed by atoms with Crippen molar-refractivity contribution >= 4 is 34.7 Å². The molecule has 6 nitrogen and oxygen atoms in total. The van der Waals surface area contributed by atoms with Crippen molar-refractivity contribution in [2.24, 2.45) is 0 Å². The summed E-state index contributed by atoms with van der Waals surface area (Å²) in [5, 5.41) is 5.96. The number of aryl methyl sites for hydroxylation is 1. The lowest BCUT2D eigenvalue weighted by molar-refractivity contribution is 0.102. The molecular formula is C21H20N2O4S2. The minimum absolute atomic E-state index is 0.196. The van der Waals surface area contributed by atoms with Crippen LogP contribution in [0.15, 0.2) is 46.7 Å². The Morgan fingerprint density at radius 3 is 2.59 bits per heavy atom. The first kappa shape index (κ1) is 19.6. The zero-order chi connectivity index (χ0) is 20.2. The second-order valence-electron chi connectivity index (χ2n) is 6.32. The van der Waals surface area contributed by atoms with Gasteiger partial charge in [-0.2, -0.15) is 0 Å². The number of rotatable bonds is 6. The SMILES string of the molecule is CSc1cc2c(cc1NC(=O)c1ccc(OCc3csc(C)n3)cc1)OCCO2. The molecule has 0 radical (unpaired) electrons. The fraction of sp³-hybridized carbons (Fsp3) is 0.238. The Labute approximate surface area is 177 Å². The number of hydrogen-bond acceptors (Lipinski definition) is 7. The highest BCUT2D eigenvalue weighted by atomic mass is 32.2. The lowest BCUT2D eigenvalue weighted by atomic mass is 10.2. The van der Waals surface area contributed by atoms with Gasteiger partial charge in [0.15, 0.2) is 11.5 Å². The molecule has 8 heteroatoms. The van der Waals surface area contributed by atoms with Crippen LogP contribution in [-0.2, 0) is 6.61 Å². The second-order valence-corrected chi connectivity index (χ2v) is 8.23. The van der Waals surface area contributed by atoms with Gasteiger partial charge >= 0.3 is 0 Å². The normalized spacial score (nSPS) is 12.5. The number of thioether (sulfide) groups is 1. The molecule has 0 fully saturated rings. The van der Waals surface area contributed by atoms with Crippen molar-refractivity contribution in [1.82, 2.24) is 4.98 Å². The van der Waals surface area contributed by atoms with Crippen LogP contribution in [-0.4, -0.2) is 30.4 Å². The van der Waals surface area contributed by atoms with E-state index in [1.54, 1.807) is 35.6 Å². The Hall–Kier alpha value is -2.71. The van der Waals surface area contributed by atoms with Crippen LogP contribution >= 0.6 is 23.1 Å². The van der Waals surface area contributed by atoms with Gasteiger partial charge in [-0.05, 0) is 43.5 Å². The summed E-state index contributed by atoms with van der Waals surface area (Å²) >= 11 is 3.13. The van der Waals surface area contributed by atoms with Crippen molar-refractivity contribution in [2.75, 3.05) is 24.8 Å². The van der Waals surface area contributed by atoms with Crippen molar-refractivity contribution < 1.29 is 19.0 Å². The van der Waals surface area contributed by atoms with E-state index < -0.39 is 0 Å². The van der Waals surface area contributed by atoms with Gasteiger partial charge in [-0.1, -0.05) is 0 Å². The average Bonchev–Trinajstić information content (AvgIpc) is 3.17. The predicted molar refractivity (Wildman–Crippen MR) is 115 cm³/mol. The van der Waals surface area contributed by atoms with Crippen LogP contribution in [0.5, 0.6) is 17.2 Å². The first-order valence-corrected chi connectivity index (χ1v) is 11.2. The zero-order valence-corrected chi connectivity index (χ0v) is 17.7. The van der Waals surface area contributed by atoms with Crippen LogP contribution < -0.4 is 19.5 Å². The summed E-state index contributed by atoms with van der Waals surface area (Å²) in [6.07, 6.45) is 1.96. The number of benzene rings is 2. The van der Waals surface area contributed by atoms with Gasteiger partial charge in [0.05, 0.1) is 16.4 Å². The van der Waals surface area contributed by atoms with E-state index in [1.165, 1.54) is 11.8 Å². The molecule has 0 saturated carbocycles. The molecule has 1 aliphatic heterocycles. The van der Waals surface area contributed by atoms with Crippen LogP contribution in [0.25, 0.3) is 0 Å². The molecule has 29 heavy (non-hydrogen) atoms. The highest BCUT2D eigenvalue weighted by Crippen LogP contribution is 2.39. The smallest absolute Gasteiger partial charge is 0.255 e. The lowest BCUT2D eigenvalue weighted by Gasteiger charge is -2.21. The average molecular weight is 429 g/mol. The van der Waals surface area contributed by atoms with Gasteiger partial charge in [0, 0.05) is 21.9 Å². The van der Waals surface area contributed by atoms with E-state index in [0.29, 0.717) is 48.3 Å². The Balaban J connectivity index is 1.43. The van der Waals surface area contributed by atoms with Crippen LogP contribution in [0.1, 0.15) is 21.1 Å². The largest absolute Gasteiger partial charge is 0.487 e. The van der Waals surface area contributed by atoms with E-state index in [9.17, 15) is 4.79 Å². The molecule has 0 aliphatic carbocycles. The molecule has 3 aromatic rings. The fourth-order valence-electron chi connectivity index (χ4n) is 2.87. The molecule has 0 bridgehead atoms. The van der Waals surface area contributed by atoms with Crippen LogP contribution in [0.2, 0.25) is 0 Å². The number of fused-ring (bicyclic) bond motifs is 1. The van der Waals surface area contributed by atoms with Crippen molar-refractivity contribution in [3.05, 3.63) is 58.0 Å². The zero-order valence-electron chi connectivity index (χ0n) is 16.1. The van der Waals surface area contributed by atoms with Crippen LogP contribution in [0.4, 0.5) is 5.69 Å². The van der Waals surface area contributed by atoms with Gasteiger partial charge in [0.1, 0.15) is 25.6 Å². The Bertz CT molecular complexity index is 1020. The Morgan fingerprint density at radius 2 is 1.93 bits per heavy atom. The topological polar surface area (TPSA) is 69.7 Å². The highest BCUT2D eigenvalue weighted by Gasteiger charge is 2.17. The lowest BCUT2D eigenvalue weighted by Crippen LogP contribution is -2.17. The third-order valence-electron chi connectivity index (χ3n) is 4.28. The summed E-state index contributed by atoms with van der Waals surface area (Å²) in [6, 6.07) is 10.8. The van der Waals surface area contributed by atoms with Gasteiger partial charge < -0.3 is 19.5 Å².